The molecule has 0 bridgehead atoms. The minimum absolute atomic E-state index is 0.0585. The van der Waals surface area contributed by atoms with Gasteiger partial charge in [-0.05, 0) is 13.0 Å². The van der Waals surface area contributed by atoms with Crippen LogP contribution >= 0.6 is 22.9 Å². The van der Waals surface area contributed by atoms with E-state index in [2.05, 4.69) is 30.6 Å². The third kappa shape index (κ3) is 5.44. The number of nitrogens with one attached hydrogen (secondary N) is 2. The van der Waals surface area contributed by atoms with Gasteiger partial charge in [-0.15, -0.1) is 11.3 Å². The first-order valence-corrected chi connectivity index (χ1v) is 9.62. The summed E-state index contributed by atoms with van der Waals surface area (Å²) in [6, 6.07) is 1.36. The lowest BCUT2D eigenvalue weighted by molar-refractivity contribution is -0.137. The maximum atomic E-state index is 12.9. The largest absolute Gasteiger partial charge is 0.418 e. The molecule has 0 aliphatic heterocycles. The van der Waals surface area contributed by atoms with E-state index in [1.807, 2.05) is 0 Å². The molecule has 0 aliphatic rings. The number of halogens is 4. The molecular weight excluding hydrogens is 459 g/mol. The summed E-state index contributed by atoms with van der Waals surface area (Å²) in [7, 11) is 0. The topological polar surface area (TPSA) is 136 Å². The summed E-state index contributed by atoms with van der Waals surface area (Å²) in [5.74, 6) is -1.42. The van der Waals surface area contributed by atoms with Crippen LogP contribution < -0.4 is 16.4 Å². The number of alkyl halides is 3. The summed E-state index contributed by atoms with van der Waals surface area (Å²) in [6.07, 6.45) is -1.51. The van der Waals surface area contributed by atoms with Crippen LogP contribution in [0.1, 0.15) is 43.7 Å². The first kappa shape index (κ1) is 22.4. The molecule has 3 aromatic rings. The molecule has 0 radical (unpaired) electrons. The molecule has 162 valence electrons. The second-order valence-electron chi connectivity index (χ2n) is 6.09. The molecule has 0 spiro atoms. The van der Waals surface area contributed by atoms with E-state index in [1.54, 1.807) is 6.92 Å². The quantitative estimate of drug-likeness (QED) is 0.519. The summed E-state index contributed by atoms with van der Waals surface area (Å²) in [5, 5.41) is 4.72. The standard InChI is InChI=1S/C17H13ClF3N7O2S/c1-7(27-14(29)10-3-12(22)26-6-25-10)16-24-5-11(31-16)15(30)28-13-2-8(17(19,20)21)9(18)4-23-13/h2-7H,1H3,(H,27,29)(H2,22,25,26)(H,23,28,30)/t7-/m0/s1. The number of aromatic nitrogens is 4. The van der Waals surface area contributed by atoms with Crippen LogP contribution in [0.25, 0.3) is 0 Å². The number of carbonyl (C=O) groups is 2. The third-order valence-electron chi connectivity index (χ3n) is 3.79. The van der Waals surface area contributed by atoms with E-state index >= 15 is 0 Å². The number of thiazole rings is 1. The highest BCUT2D eigenvalue weighted by atomic mass is 35.5. The second kappa shape index (κ2) is 8.81. The van der Waals surface area contributed by atoms with Crippen LogP contribution in [-0.4, -0.2) is 31.8 Å². The maximum absolute atomic E-state index is 12.9. The van der Waals surface area contributed by atoms with Crippen LogP contribution in [0.2, 0.25) is 5.02 Å². The number of hydrogen-bond donors (Lipinski definition) is 3. The van der Waals surface area contributed by atoms with E-state index < -0.39 is 34.6 Å². The summed E-state index contributed by atoms with van der Waals surface area (Å²) in [6.45, 7) is 1.64. The van der Waals surface area contributed by atoms with Crippen LogP contribution in [-0.2, 0) is 6.18 Å². The molecule has 0 saturated heterocycles. The minimum Gasteiger partial charge on any atom is -0.384 e. The number of nitrogen functional groups attached to an aromatic ring is 1. The molecule has 0 fully saturated rings. The van der Waals surface area contributed by atoms with Crippen molar-refractivity contribution in [1.82, 2.24) is 25.3 Å². The highest BCUT2D eigenvalue weighted by Crippen LogP contribution is 2.35. The average Bonchev–Trinajstić information content (AvgIpc) is 3.19. The van der Waals surface area contributed by atoms with E-state index in [-0.39, 0.29) is 22.2 Å². The molecule has 0 saturated carbocycles. The normalized spacial score (nSPS) is 12.3. The molecule has 3 rings (SSSR count). The molecule has 0 aliphatic carbocycles. The van der Waals surface area contributed by atoms with Crippen LogP contribution in [0, 0.1) is 0 Å². The predicted octanol–water partition coefficient (Wildman–Crippen LogP) is 3.33. The lowest BCUT2D eigenvalue weighted by Gasteiger charge is -2.11. The van der Waals surface area contributed by atoms with Gasteiger partial charge in [0.15, 0.2) is 0 Å². The molecule has 3 heterocycles. The number of anilines is 2. The second-order valence-corrected chi connectivity index (χ2v) is 7.56. The highest BCUT2D eigenvalue weighted by molar-refractivity contribution is 7.13. The third-order valence-corrected chi connectivity index (χ3v) is 5.27. The summed E-state index contributed by atoms with van der Waals surface area (Å²) >= 11 is 6.46. The molecule has 2 amide bonds. The molecule has 9 nitrogen and oxygen atoms in total. The zero-order valence-electron chi connectivity index (χ0n) is 15.6. The molecule has 4 N–H and O–H groups in total. The van der Waals surface area contributed by atoms with Gasteiger partial charge in [0, 0.05) is 12.3 Å². The van der Waals surface area contributed by atoms with Gasteiger partial charge < -0.3 is 16.4 Å². The Kier molecular flexibility index (Phi) is 6.36. The van der Waals surface area contributed by atoms with E-state index in [4.69, 9.17) is 17.3 Å². The van der Waals surface area contributed by atoms with E-state index in [0.29, 0.717) is 11.1 Å². The zero-order valence-corrected chi connectivity index (χ0v) is 17.1. The number of amides is 2. The summed E-state index contributed by atoms with van der Waals surface area (Å²) < 4.78 is 38.8. The predicted molar refractivity (Wildman–Crippen MR) is 107 cm³/mol. The fourth-order valence-corrected chi connectivity index (χ4v) is 3.35. The van der Waals surface area contributed by atoms with Gasteiger partial charge in [0.05, 0.1) is 22.8 Å². The van der Waals surface area contributed by atoms with Crippen molar-refractivity contribution in [2.75, 3.05) is 11.1 Å². The Morgan fingerprint density at radius 3 is 2.55 bits per heavy atom. The van der Waals surface area contributed by atoms with E-state index in [1.165, 1.54) is 12.3 Å². The van der Waals surface area contributed by atoms with Crippen molar-refractivity contribution in [3.05, 3.63) is 57.0 Å². The fraction of sp³-hybridized carbons (Fsp3) is 0.176. The number of hydrogen-bond acceptors (Lipinski definition) is 8. The first-order valence-electron chi connectivity index (χ1n) is 8.43. The highest BCUT2D eigenvalue weighted by Gasteiger charge is 2.34. The van der Waals surface area contributed by atoms with Crippen molar-refractivity contribution in [1.29, 1.82) is 0 Å². The van der Waals surface area contributed by atoms with Gasteiger partial charge in [-0.3, -0.25) is 9.59 Å². The number of nitrogens with zero attached hydrogens (tertiary/aromatic N) is 4. The van der Waals surface area contributed by atoms with Crippen molar-refractivity contribution in [2.24, 2.45) is 0 Å². The van der Waals surface area contributed by atoms with Crippen molar-refractivity contribution < 1.29 is 22.8 Å². The van der Waals surface area contributed by atoms with Gasteiger partial charge in [0.2, 0.25) is 0 Å². The fourth-order valence-electron chi connectivity index (χ4n) is 2.32. The molecular formula is C17H13ClF3N7O2S. The van der Waals surface area contributed by atoms with Crippen molar-refractivity contribution >= 4 is 46.4 Å². The SMILES string of the molecule is C[C@H](NC(=O)c1cc(N)ncn1)c1ncc(C(=O)Nc2cc(C(F)(F)F)c(Cl)cn2)s1. The smallest absolute Gasteiger partial charge is 0.384 e. The molecule has 1 atom stereocenters. The molecule has 14 heteroatoms. The Balaban J connectivity index is 1.69. The van der Waals surface area contributed by atoms with Gasteiger partial charge in [-0.1, -0.05) is 11.6 Å². The van der Waals surface area contributed by atoms with Gasteiger partial charge in [-0.2, -0.15) is 13.2 Å². The Morgan fingerprint density at radius 2 is 1.87 bits per heavy atom. The number of rotatable bonds is 5. The number of carbonyl (C=O) groups excluding carboxylic acids is 2. The Labute approximate surface area is 181 Å². The molecule has 0 unspecified atom stereocenters. The van der Waals surface area contributed by atoms with Gasteiger partial charge >= 0.3 is 6.18 Å². The number of pyridine rings is 1. The molecule has 0 aromatic carbocycles. The number of nitrogens with two attached hydrogens (primary N) is 1. The van der Waals surface area contributed by atoms with Crippen LogP contribution in [0.5, 0.6) is 0 Å². The van der Waals surface area contributed by atoms with E-state index in [0.717, 1.165) is 23.9 Å². The monoisotopic (exact) mass is 471 g/mol. The van der Waals surface area contributed by atoms with Gasteiger partial charge in [-0.25, -0.2) is 19.9 Å². The molecule has 31 heavy (non-hydrogen) atoms. The maximum Gasteiger partial charge on any atom is 0.418 e. The average molecular weight is 472 g/mol. The lowest BCUT2D eigenvalue weighted by atomic mass is 10.2. The van der Waals surface area contributed by atoms with Crippen molar-refractivity contribution in [2.45, 2.75) is 19.1 Å². The first-order chi connectivity index (χ1) is 14.5. The van der Waals surface area contributed by atoms with Gasteiger partial charge in [0.1, 0.15) is 33.5 Å². The van der Waals surface area contributed by atoms with Crippen molar-refractivity contribution in [3.8, 4) is 0 Å². The van der Waals surface area contributed by atoms with E-state index in [9.17, 15) is 22.8 Å². The Hall–Kier alpha value is -3.32. The lowest BCUT2D eigenvalue weighted by Crippen LogP contribution is -2.27. The molecule has 3 aromatic heterocycles. The summed E-state index contributed by atoms with van der Waals surface area (Å²) in [5.41, 5.74) is 4.46. The zero-order chi connectivity index (χ0) is 22.8. The van der Waals surface area contributed by atoms with Crippen LogP contribution in [0.15, 0.2) is 30.9 Å². The van der Waals surface area contributed by atoms with Crippen LogP contribution in [0.3, 0.4) is 0 Å². The van der Waals surface area contributed by atoms with Crippen molar-refractivity contribution in [3.63, 3.8) is 0 Å². The Morgan fingerprint density at radius 1 is 1.13 bits per heavy atom. The van der Waals surface area contributed by atoms with Gasteiger partial charge in [0.25, 0.3) is 11.8 Å². The minimum atomic E-state index is -4.70. The Bertz CT molecular complexity index is 1140. The van der Waals surface area contributed by atoms with Crippen LogP contribution in [0.4, 0.5) is 24.8 Å². The summed E-state index contributed by atoms with van der Waals surface area (Å²) in [4.78, 5) is 40.0.